The smallest absolute Gasteiger partial charge is 0.158 e. The average Bonchev–Trinajstić information content (AvgIpc) is 3.39. The molecule has 0 unspecified atom stereocenters. The summed E-state index contributed by atoms with van der Waals surface area (Å²) in [5, 5.41) is 14.1. The molecule has 0 spiro atoms. The molecule has 0 radical (unpaired) electrons. The van der Waals surface area contributed by atoms with Crippen LogP contribution in [0.3, 0.4) is 0 Å². The van der Waals surface area contributed by atoms with Crippen molar-refractivity contribution in [3.8, 4) is 11.5 Å². The molecule has 0 aliphatic carbocycles. The van der Waals surface area contributed by atoms with Crippen LogP contribution in [0.2, 0.25) is 5.02 Å². The second-order valence-electron chi connectivity index (χ2n) is 6.76. The van der Waals surface area contributed by atoms with Crippen LogP contribution < -0.4 is 10.1 Å². The number of nitrogens with one attached hydrogen (secondary N) is 2. The predicted molar refractivity (Wildman–Crippen MR) is 118 cm³/mol. The van der Waals surface area contributed by atoms with Crippen LogP contribution >= 0.6 is 11.6 Å². The molecule has 5 rings (SSSR count). The quantitative estimate of drug-likeness (QED) is 0.356. The van der Waals surface area contributed by atoms with Crippen LogP contribution in [0, 0.1) is 0 Å². The van der Waals surface area contributed by atoms with Crippen molar-refractivity contribution in [3.63, 3.8) is 0 Å². The number of fused-ring (bicyclic) bond motifs is 2. The summed E-state index contributed by atoms with van der Waals surface area (Å²) < 4.78 is 7.96. The van der Waals surface area contributed by atoms with E-state index < -0.39 is 0 Å². The molecule has 3 aromatic heterocycles. The summed E-state index contributed by atoms with van der Waals surface area (Å²) in [5.74, 6) is 1.90. The minimum atomic E-state index is 0.0313. The highest BCUT2D eigenvalue weighted by molar-refractivity contribution is 6.32. The number of nitrogens with zero attached hydrogens (tertiary/aromatic N) is 3. The number of aromatic amines is 1. The summed E-state index contributed by atoms with van der Waals surface area (Å²) in [6.07, 6.45) is 5.26. The fourth-order valence-electron chi connectivity index (χ4n) is 3.48. The third-order valence-electron chi connectivity index (χ3n) is 4.85. The third-order valence-corrected chi connectivity index (χ3v) is 5.15. The summed E-state index contributed by atoms with van der Waals surface area (Å²) in [6, 6.07) is 15.2. The number of anilines is 2. The monoisotopic (exact) mass is 419 g/mol. The Kier molecular flexibility index (Phi) is 4.74. The summed E-state index contributed by atoms with van der Waals surface area (Å²) in [6.45, 7) is 0.493. The highest BCUT2D eigenvalue weighted by Crippen LogP contribution is 2.35. The SMILES string of the molecule is OCCn1ccc2ncnc(Nc3ccc(Oc4cccc5cc[nH]c45)c(Cl)c3)c21. The highest BCUT2D eigenvalue weighted by Gasteiger charge is 2.12. The Hall–Kier alpha value is -3.55. The van der Waals surface area contributed by atoms with Crippen molar-refractivity contribution >= 4 is 45.0 Å². The van der Waals surface area contributed by atoms with Crippen molar-refractivity contribution in [2.24, 2.45) is 0 Å². The molecule has 0 saturated heterocycles. The Bertz CT molecular complexity index is 1340. The summed E-state index contributed by atoms with van der Waals surface area (Å²) >= 11 is 6.50. The summed E-state index contributed by atoms with van der Waals surface area (Å²) in [7, 11) is 0. The molecule has 2 aromatic carbocycles. The molecule has 0 aliphatic rings. The van der Waals surface area contributed by atoms with Crippen molar-refractivity contribution in [1.29, 1.82) is 0 Å². The lowest BCUT2D eigenvalue weighted by atomic mass is 10.2. The predicted octanol–water partition coefficient (Wildman–Crippen LogP) is 5.09. The van der Waals surface area contributed by atoms with Crippen LogP contribution in [0.25, 0.3) is 21.9 Å². The van der Waals surface area contributed by atoms with Gasteiger partial charge in [-0.3, -0.25) is 0 Å². The number of halogens is 1. The largest absolute Gasteiger partial charge is 0.454 e. The first-order valence-electron chi connectivity index (χ1n) is 9.44. The van der Waals surface area contributed by atoms with E-state index in [4.69, 9.17) is 16.3 Å². The standard InChI is InChI=1S/C22H18ClN5O2/c23-16-12-15(27-22-21-17(25-13-26-22)7-9-28(21)10-11-29)4-5-18(16)30-19-3-1-2-14-6-8-24-20(14)19/h1-9,12-13,24,29H,10-11H2,(H,25,26,27). The maximum Gasteiger partial charge on any atom is 0.158 e. The normalized spacial score (nSPS) is 11.3. The Morgan fingerprint density at radius 3 is 2.90 bits per heavy atom. The Morgan fingerprint density at radius 1 is 1.10 bits per heavy atom. The number of ether oxygens (including phenoxy) is 1. The topological polar surface area (TPSA) is 88.0 Å². The van der Waals surface area contributed by atoms with Crippen molar-refractivity contribution in [2.75, 3.05) is 11.9 Å². The first-order chi connectivity index (χ1) is 14.7. The number of aliphatic hydroxyl groups excluding tert-OH is 1. The fourth-order valence-corrected chi connectivity index (χ4v) is 3.70. The number of hydrogen-bond donors (Lipinski definition) is 3. The molecule has 0 fully saturated rings. The van der Waals surface area contributed by atoms with Gasteiger partial charge in [-0.1, -0.05) is 23.7 Å². The van der Waals surface area contributed by atoms with Gasteiger partial charge in [-0.05, 0) is 36.4 Å². The lowest BCUT2D eigenvalue weighted by Crippen LogP contribution is -2.04. The number of rotatable bonds is 6. The molecule has 0 atom stereocenters. The third kappa shape index (κ3) is 3.34. The van der Waals surface area contributed by atoms with Crippen LogP contribution in [-0.4, -0.2) is 31.2 Å². The first kappa shape index (κ1) is 18.5. The van der Waals surface area contributed by atoms with E-state index in [1.165, 1.54) is 6.33 Å². The molecule has 3 heterocycles. The maximum absolute atomic E-state index is 9.30. The molecule has 7 nitrogen and oxygen atoms in total. The second-order valence-corrected chi connectivity index (χ2v) is 7.17. The Morgan fingerprint density at radius 2 is 2.03 bits per heavy atom. The van der Waals surface area contributed by atoms with Gasteiger partial charge in [-0.2, -0.15) is 0 Å². The molecule has 0 aliphatic heterocycles. The zero-order valence-electron chi connectivity index (χ0n) is 15.8. The van der Waals surface area contributed by atoms with Gasteiger partial charge in [0.2, 0.25) is 0 Å². The van der Waals surface area contributed by atoms with Gasteiger partial charge in [0.05, 0.1) is 22.7 Å². The van der Waals surface area contributed by atoms with E-state index in [1.807, 2.05) is 59.4 Å². The van der Waals surface area contributed by atoms with Gasteiger partial charge in [-0.15, -0.1) is 0 Å². The van der Waals surface area contributed by atoms with Gasteiger partial charge in [0.25, 0.3) is 0 Å². The Labute approximate surface area is 176 Å². The first-order valence-corrected chi connectivity index (χ1v) is 9.82. The van der Waals surface area contributed by atoms with E-state index in [1.54, 1.807) is 6.07 Å². The maximum atomic E-state index is 9.30. The molecule has 150 valence electrons. The minimum Gasteiger partial charge on any atom is -0.454 e. The molecular formula is C22H18ClN5O2. The number of H-pyrrole nitrogens is 1. The lowest BCUT2D eigenvalue weighted by molar-refractivity contribution is 0.278. The molecule has 0 bridgehead atoms. The van der Waals surface area contributed by atoms with Crippen LogP contribution in [0.5, 0.6) is 11.5 Å². The molecule has 3 N–H and O–H groups in total. The van der Waals surface area contributed by atoms with Gasteiger partial charge in [0, 0.05) is 30.0 Å². The van der Waals surface area contributed by atoms with Crippen molar-refractivity contribution in [3.05, 3.63) is 72.3 Å². The lowest BCUT2D eigenvalue weighted by Gasteiger charge is -2.12. The van der Waals surface area contributed by atoms with Crippen LogP contribution in [0.15, 0.2) is 67.3 Å². The zero-order chi connectivity index (χ0) is 20.5. The molecule has 5 aromatic rings. The average molecular weight is 420 g/mol. The zero-order valence-corrected chi connectivity index (χ0v) is 16.6. The van der Waals surface area contributed by atoms with Gasteiger partial charge < -0.3 is 24.7 Å². The van der Waals surface area contributed by atoms with Crippen molar-refractivity contribution in [1.82, 2.24) is 19.5 Å². The van der Waals surface area contributed by atoms with E-state index >= 15 is 0 Å². The van der Waals surface area contributed by atoms with E-state index in [9.17, 15) is 5.11 Å². The molecule has 0 amide bonds. The Balaban J connectivity index is 1.44. The fraction of sp³-hybridized carbons (Fsp3) is 0.0909. The van der Waals surface area contributed by atoms with Gasteiger partial charge in [0.15, 0.2) is 11.6 Å². The summed E-state index contributed by atoms with van der Waals surface area (Å²) in [4.78, 5) is 11.8. The molecular weight excluding hydrogens is 402 g/mol. The van der Waals surface area contributed by atoms with E-state index in [2.05, 4.69) is 20.3 Å². The van der Waals surface area contributed by atoms with Crippen molar-refractivity contribution < 1.29 is 9.84 Å². The number of aromatic nitrogens is 4. The molecule has 30 heavy (non-hydrogen) atoms. The van der Waals surface area contributed by atoms with Crippen LogP contribution in [0.1, 0.15) is 0 Å². The second kappa shape index (κ2) is 7.70. The van der Waals surface area contributed by atoms with E-state index in [-0.39, 0.29) is 6.61 Å². The number of hydrogen-bond acceptors (Lipinski definition) is 5. The number of aliphatic hydroxyl groups is 1. The minimum absolute atomic E-state index is 0.0313. The van der Waals surface area contributed by atoms with Gasteiger partial charge >= 0.3 is 0 Å². The molecule has 8 heteroatoms. The van der Waals surface area contributed by atoms with Gasteiger partial charge in [0.1, 0.15) is 17.6 Å². The number of para-hydroxylation sites is 1. The molecule has 0 saturated carbocycles. The number of benzene rings is 2. The van der Waals surface area contributed by atoms with E-state index in [0.29, 0.717) is 28.9 Å². The van der Waals surface area contributed by atoms with Crippen LogP contribution in [0.4, 0.5) is 11.5 Å². The van der Waals surface area contributed by atoms with Crippen LogP contribution in [-0.2, 0) is 6.54 Å². The van der Waals surface area contributed by atoms with E-state index in [0.717, 1.165) is 27.6 Å². The summed E-state index contributed by atoms with van der Waals surface area (Å²) in [5.41, 5.74) is 3.30. The van der Waals surface area contributed by atoms with Crippen molar-refractivity contribution in [2.45, 2.75) is 6.54 Å². The highest BCUT2D eigenvalue weighted by atomic mass is 35.5. The van der Waals surface area contributed by atoms with Gasteiger partial charge in [-0.25, -0.2) is 9.97 Å².